The zero-order chi connectivity index (χ0) is 30.1. The van der Waals surface area contributed by atoms with Crippen LogP contribution in [0.25, 0.3) is 0 Å². The van der Waals surface area contributed by atoms with E-state index < -0.39 is 48.2 Å². The van der Waals surface area contributed by atoms with E-state index in [1.165, 1.54) is 31.0 Å². The zero-order valence-corrected chi connectivity index (χ0v) is 24.0. The molecule has 0 radical (unpaired) electrons. The number of hydrogen-bond donors (Lipinski definition) is 3. The number of nitrogens with zero attached hydrogens (tertiary/aromatic N) is 3. The van der Waals surface area contributed by atoms with Crippen LogP contribution < -0.4 is 10.6 Å². The summed E-state index contributed by atoms with van der Waals surface area (Å²) >= 11 is 0. The number of carboxylic acids is 1. The molecule has 3 heterocycles. The van der Waals surface area contributed by atoms with Crippen LogP contribution in [0.1, 0.15) is 67.5 Å². The molecule has 1 aliphatic heterocycles. The first kappa shape index (κ1) is 31.7. The van der Waals surface area contributed by atoms with Gasteiger partial charge in [0.05, 0.1) is 11.5 Å². The number of carbonyl (C=O) groups excluding carboxylic acids is 1. The minimum Gasteiger partial charge on any atom is -0.480 e. The highest BCUT2D eigenvalue weighted by Crippen LogP contribution is 2.50. The molecule has 0 saturated heterocycles. The first-order valence-electron chi connectivity index (χ1n) is 14.6. The molecule has 0 aromatic carbocycles. The van der Waals surface area contributed by atoms with Crippen LogP contribution in [0.2, 0.25) is 0 Å². The second-order valence-corrected chi connectivity index (χ2v) is 11.1. The number of alkyl halides is 3. The molecule has 0 spiro atoms. The summed E-state index contributed by atoms with van der Waals surface area (Å²) in [5, 5.41) is 15.8. The number of nitrogens with one attached hydrogen (secondary N) is 2. The lowest BCUT2D eigenvalue weighted by Crippen LogP contribution is -2.48. The number of amides is 1. The molecule has 2 aliphatic rings. The van der Waals surface area contributed by atoms with Gasteiger partial charge in [0.1, 0.15) is 24.2 Å². The van der Waals surface area contributed by atoms with E-state index in [9.17, 15) is 27.9 Å². The molecule has 3 N–H and O–H groups in total. The zero-order valence-electron chi connectivity index (χ0n) is 24.0. The van der Waals surface area contributed by atoms with E-state index in [4.69, 9.17) is 9.72 Å². The van der Waals surface area contributed by atoms with E-state index in [1.54, 1.807) is 0 Å². The molecular weight excluding hydrogens is 551 g/mol. The fourth-order valence-corrected chi connectivity index (χ4v) is 5.52. The van der Waals surface area contributed by atoms with Gasteiger partial charge in [-0.15, -0.1) is 0 Å². The Hall–Kier alpha value is -3.25. The number of carbonyl (C=O) groups is 2. The normalized spacial score (nSPS) is 16.9. The lowest BCUT2D eigenvalue weighted by atomic mass is 9.92. The van der Waals surface area contributed by atoms with Gasteiger partial charge in [0.25, 0.3) is 6.43 Å². The van der Waals surface area contributed by atoms with Crippen molar-refractivity contribution in [2.24, 2.45) is 0 Å². The Kier molecular flexibility index (Phi) is 11.1. The Bertz CT molecular complexity index is 1210. The van der Waals surface area contributed by atoms with Crippen LogP contribution in [0, 0.1) is 0 Å². The van der Waals surface area contributed by atoms with Crippen LogP contribution in [0.3, 0.4) is 0 Å². The van der Waals surface area contributed by atoms with E-state index in [-0.39, 0.29) is 25.1 Å². The summed E-state index contributed by atoms with van der Waals surface area (Å²) in [5.41, 5.74) is 0.707. The second kappa shape index (κ2) is 14.8. The van der Waals surface area contributed by atoms with Crippen molar-refractivity contribution in [3.63, 3.8) is 0 Å². The number of halogens is 3. The van der Waals surface area contributed by atoms with Crippen LogP contribution in [0.15, 0.2) is 30.5 Å². The third-order valence-corrected chi connectivity index (χ3v) is 8.16. The first-order valence-corrected chi connectivity index (χ1v) is 14.6. The Balaban J connectivity index is 1.34. The number of aromatic nitrogens is 2. The molecule has 12 heteroatoms. The minimum absolute atomic E-state index is 0.0622. The van der Waals surface area contributed by atoms with Gasteiger partial charge in [-0.1, -0.05) is 12.1 Å². The molecule has 1 aliphatic carbocycles. The van der Waals surface area contributed by atoms with Crippen molar-refractivity contribution in [2.45, 2.75) is 75.4 Å². The fourth-order valence-electron chi connectivity index (χ4n) is 5.52. The molecular formula is C30H40F3N5O4. The van der Waals surface area contributed by atoms with Crippen molar-refractivity contribution in [2.75, 3.05) is 45.3 Å². The minimum atomic E-state index is -2.85. The van der Waals surface area contributed by atoms with E-state index in [2.05, 4.69) is 27.8 Å². The van der Waals surface area contributed by atoms with Crippen molar-refractivity contribution < 1.29 is 32.6 Å². The van der Waals surface area contributed by atoms with Gasteiger partial charge in [-0.25, -0.2) is 22.9 Å². The average molecular weight is 592 g/mol. The number of pyridine rings is 2. The Morgan fingerprint density at radius 1 is 1.21 bits per heavy atom. The van der Waals surface area contributed by atoms with Gasteiger partial charge in [-0.05, 0) is 81.2 Å². The van der Waals surface area contributed by atoms with Crippen molar-refractivity contribution in [1.82, 2.24) is 20.2 Å². The summed E-state index contributed by atoms with van der Waals surface area (Å²) in [5.74, 6) is -0.864. The number of hydrogen-bond acceptors (Lipinski definition) is 7. The summed E-state index contributed by atoms with van der Waals surface area (Å²) in [6.45, 7) is 1.37. The summed E-state index contributed by atoms with van der Waals surface area (Å²) in [6, 6.07) is 5.89. The number of anilines is 1. The summed E-state index contributed by atoms with van der Waals surface area (Å²) in [6.07, 6.45) is 3.00. The molecule has 42 heavy (non-hydrogen) atoms. The predicted molar refractivity (Wildman–Crippen MR) is 151 cm³/mol. The van der Waals surface area contributed by atoms with Gasteiger partial charge in [0.2, 0.25) is 5.91 Å². The number of methoxy groups -OCH3 is 1. The summed E-state index contributed by atoms with van der Waals surface area (Å²) < 4.78 is 45.8. The van der Waals surface area contributed by atoms with Crippen molar-refractivity contribution in [3.8, 4) is 0 Å². The fraction of sp³-hybridized carbons (Fsp3) is 0.600. The summed E-state index contributed by atoms with van der Waals surface area (Å²) in [7, 11) is 1.43. The third kappa shape index (κ3) is 7.97. The Morgan fingerprint density at radius 3 is 2.71 bits per heavy atom. The van der Waals surface area contributed by atoms with Crippen molar-refractivity contribution in [3.05, 3.63) is 53.0 Å². The summed E-state index contributed by atoms with van der Waals surface area (Å²) in [4.78, 5) is 35.8. The molecule has 1 saturated carbocycles. The van der Waals surface area contributed by atoms with Gasteiger partial charge in [-0.2, -0.15) is 0 Å². The highest BCUT2D eigenvalue weighted by atomic mass is 19.3. The number of fused-ring (bicyclic) bond motifs is 1. The highest BCUT2D eigenvalue weighted by Gasteiger charge is 2.54. The number of ether oxygens (including phenoxy) is 1. The average Bonchev–Trinajstić information content (AvgIpc) is 3.81. The topological polar surface area (TPSA) is 117 Å². The largest absolute Gasteiger partial charge is 0.480 e. The molecule has 0 unspecified atom stereocenters. The number of aliphatic carboxylic acids is 1. The van der Waals surface area contributed by atoms with Crippen LogP contribution >= 0.6 is 0 Å². The third-order valence-electron chi connectivity index (χ3n) is 8.16. The maximum atomic E-state index is 13.6. The SMILES string of the molecule is CO[C@H](CF)CN(CCCCc1ccc2c(n1)NCCC2)CC[C@H](NC(=O)C1(c2cccnc2C(F)F)CC1)C(=O)O. The van der Waals surface area contributed by atoms with E-state index in [0.29, 0.717) is 19.4 Å². The molecule has 0 bridgehead atoms. The molecule has 4 rings (SSSR count). The molecule has 9 nitrogen and oxygen atoms in total. The monoisotopic (exact) mass is 591 g/mol. The Morgan fingerprint density at radius 2 is 2.02 bits per heavy atom. The second-order valence-electron chi connectivity index (χ2n) is 11.1. The van der Waals surface area contributed by atoms with E-state index in [0.717, 1.165) is 50.2 Å². The van der Waals surface area contributed by atoms with Crippen LogP contribution in [0.5, 0.6) is 0 Å². The number of aryl methyl sites for hydroxylation is 2. The van der Waals surface area contributed by atoms with E-state index in [1.807, 2.05) is 4.90 Å². The van der Waals surface area contributed by atoms with E-state index >= 15 is 0 Å². The quantitative estimate of drug-likeness (QED) is 0.236. The van der Waals surface area contributed by atoms with Crippen molar-refractivity contribution >= 4 is 17.7 Å². The van der Waals surface area contributed by atoms with Crippen LogP contribution in [-0.4, -0.2) is 84.0 Å². The molecule has 1 amide bonds. The van der Waals surface area contributed by atoms with Gasteiger partial charge < -0.3 is 25.4 Å². The molecule has 2 atom stereocenters. The predicted octanol–water partition coefficient (Wildman–Crippen LogP) is 4.07. The molecule has 230 valence electrons. The Labute approximate surface area is 244 Å². The highest BCUT2D eigenvalue weighted by molar-refractivity contribution is 5.94. The standard InChI is InChI=1S/C30H40F3N5O4/c1-42-22(18-31)19-38(16-3-2-7-21-10-9-20-6-4-15-35-27(20)36-21)17-11-24(28(39)40)37-29(41)30(12-13-30)23-8-5-14-34-25(23)26(32)33/h5,8-10,14,22,24,26H,2-4,6-7,11-13,15-19H2,1H3,(H,35,36)(H,37,41)(H,39,40)/t22-,24+/m1/s1. The maximum absolute atomic E-state index is 13.6. The van der Waals surface area contributed by atoms with Gasteiger partial charge in [-0.3, -0.25) is 9.78 Å². The number of unbranched alkanes of at least 4 members (excludes halogenated alkanes) is 1. The molecule has 2 aromatic heterocycles. The lowest BCUT2D eigenvalue weighted by molar-refractivity contribution is -0.142. The maximum Gasteiger partial charge on any atom is 0.326 e. The van der Waals surface area contributed by atoms with Crippen molar-refractivity contribution in [1.29, 1.82) is 0 Å². The van der Waals surface area contributed by atoms with Crippen LogP contribution in [0.4, 0.5) is 19.0 Å². The molecule has 2 aromatic rings. The number of carboxylic acid groups (broad SMARTS) is 1. The van der Waals surface area contributed by atoms with Crippen LogP contribution in [-0.2, 0) is 32.6 Å². The number of rotatable bonds is 17. The van der Waals surface area contributed by atoms with Gasteiger partial charge >= 0.3 is 5.97 Å². The first-order chi connectivity index (χ1) is 20.3. The van der Waals surface area contributed by atoms with Gasteiger partial charge in [0.15, 0.2) is 0 Å². The molecule has 1 fully saturated rings. The van der Waals surface area contributed by atoms with Gasteiger partial charge in [0, 0.05) is 38.6 Å². The smallest absolute Gasteiger partial charge is 0.326 e. The lowest BCUT2D eigenvalue weighted by Gasteiger charge is -2.28.